The molecule has 4 heterocycles. The zero-order valence-electron chi connectivity index (χ0n) is 17.1. The summed E-state index contributed by atoms with van der Waals surface area (Å²) in [6.45, 7) is 1.25. The molecule has 0 unspecified atom stereocenters. The van der Waals surface area contributed by atoms with Crippen LogP contribution in [0.3, 0.4) is 0 Å². The molecule has 0 bridgehead atoms. The molecule has 1 N–H and O–H groups in total. The molecule has 158 valence electrons. The van der Waals surface area contributed by atoms with Crippen LogP contribution >= 0.6 is 0 Å². The van der Waals surface area contributed by atoms with Crippen LogP contribution in [-0.2, 0) is 7.05 Å². The van der Waals surface area contributed by atoms with Crippen LogP contribution in [0.4, 0.5) is 0 Å². The summed E-state index contributed by atoms with van der Waals surface area (Å²) in [6, 6.07) is 5.61. The summed E-state index contributed by atoms with van der Waals surface area (Å²) in [6.07, 6.45) is 7.62. The van der Waals surface area contributed by atoms with Crippen molar-refractivity contribution in [2.45, 2.75) is 50.5 Å². The van der Waals surface area contributed by atoms with Gasteiger partial charge in [-0.25, -0.2) is 9.48 Å². The Labute approximate surface area is 173 Å². The molecule has 1 aliphatic carbocycles. The number of nitrogens with one attached hydrogen (secondary N) is 1. The normalized spacial score (nSPS) is 18.4. The van der Waals surface area contributed by atoms with Gasteiger partial charge in [-0.1, -0.05) is 12.8 Å². The molecule has 1 saturated carbocycles. The van der Waals surface area contributed by atoms with Gasteiger partial charge in [-0.05, 0) is 37.8 Å². The minimum Gasteiger partial charge on any atom is -0.463 e. The van der Waals surface area contributed by atoms with Crippen LogP contribution in [0.25, 0.3) is 11.5 Å². The van der Waals surface area contributed by atoms with E-state index in [1.807, 2.05) is 15.5 Å². The fourth-order valence-corrected chi connectivity index (χ4v) is 4.77. The maximum Gasteiger partial charge on any atom is 0.345 e. The summed E-state index contributed by atoms with van der Waals surface area (Å²) < 4.78 is 8.75. The number of amides is 1. The number of hydrogen-bond donors (Lipinski definition) is 1. The predicted molar refractivity (Wildman–Crippen MR) is 109 cm³/mol. The molecule has 3 aromatic heterocycles. The van der Waals surface area contributed by atoms with Gasteiger partial charge in [0.15, 0.2) is 11.5 Å². The van der Waals surface area contributed by atoms with Gasteiger partial charge in [0.25, 0.3) is 5.91 Å². The standard InChI is InChI=1S/C21H26N6O3/c1-25-21(29)27(15-5-2-3-6-15)19(24-25)14-8-10-26(11-9-14)20(28)17-13-16(22-23-17)18-7-4-12-30-18/h4,7,12-15H,2-3,5-6,8-11H2,1H3,(H,22,23). The number of H-pyrrole nitrogens is 1. The van der Waals surface area contributed by atoms with Crippen molar-refractivity contribution in [3.63, 3.8) is 0 Å². The van der Waals surface area contributed by atoms with E-state index in [2.05, 4.69) is 15.3 Å². The van der Waals surface area contributed by atoms with E-state index in [-0.39, 0.29) is 23.6 Å². The summed E-state index contributed by atoms with van der Waals surface area (Å²) in [5.41, 5.74) is 1.06. The highest BCUT2D eigenvalue weighted by atomic mass is 16.3. The molecule has 0 spiro atoms. The number of carbonyl (C=O) groups excluding carboxylic acids is 1. The number of rotatable bonds is 4. The Morgan fingerprint density at radius 3 is 2.67 bits per heavy atom. The SMILES string of the molecule is Cn1nc(C2CCN(C(=O)c3cc(-c4ccco4)[nH]n3)CC2)n(C2CCCC2)c1=O. The van der Waals surface area contributed by atoms with Crippen molar-refractivity contribution >= 4 is 5.91 Å². The summed E-state index contributed by atoms with van der Waals surface area (Å²) >= 11 is 0. The number of aromatic nitrogens is 5. The number of hydrogen-bond acceptors (Lipinski definition) is 5. The van der Waals surface area contributed by atoms with Gasteiger partial charge in [-0.2, -0.15) is 10.2 Å². The monoisotopic (exact) mass is 410 g/mol. The maximum atomic E-state index is 12.9. The molecule has 1 saturated heterocycles. The Morgan fingerprint density at radius 1 is 1.20 bits per heavy atom. The van der Waals surface area contributed by atoms with Gasteiger partial charge in [0.2, 0.25) is 0 Å². The molecule has 0 aromatic carbocycles. The van der Waals surface area contributed by atoms with Gasteiger partial charge in [-0.3, -0.25) is 14.5 Å². The van der Waals surface area contributed by atoms with Gasteiger partial charge in [0.1, 0.15) is 11.5 Å². The molecule has 9 heteroatoms. The van der Waals surface area contributed by atoms with Crippen LogP contribution in [0, 0.1) is 0 Å². The first kappa shape index (κ1) is 18.9. The van der Waals surface area contributed by atoms with Crippen LogP contribution in [0.1, 0.15) is 66.8 Å². The van der Waals surface area contributed by atoms with Gasteiger partial charge in [-0.15, -0.1) is 0 Å². The molecule has 2 fully saturated rings. The fourth-order valence-electron chi connectivity index (χ4n) is 4.77. The van der Waals surface area contributed by atoms with Gasteiger partial charge in [0, 0.05) is 38.2 Å². The van der Waals surface area contributed by atoms with E-state index in [1.54, 1.807) is 25.4 Å². The molecule has 5 rings (SSSR count). The maximum absolute atomic E-state index is 12.9. The van der Waals surface area contributed by atoms with Crippen LogP contribution in [0.5, 0.6) is 0 Å². The molecule has 0 atom stereocenters. The second-order valence-electron chi connectivity index (χ2n) is 8.28. The molecule has 30 heavy (non-hydrogen) atoms. The van der Waals surface area contributed by atoms with Crippen LogP contribution in [0.15, 0.2) is 33.7 Å². The third-order valence-electron chi connectivity index (χ3n) is 6.40. The molecule has 1 aliphatic heterocycles. The Bertz CT molecular complexity index is 1080. The highest BCUT2D eigenvalue weighted by Gasteiger charge is 2.32. The van der Waals surface area contributed by atoms with Crippen molar-refractivity contribution < 1.29 is 9.21 Å². The van der Waals surface area contributed by atoms with Gasteiger partial charge < -0.3 is 9.32 Å². The van der Waals surface area contributed by atoms with E-state index in [0.717, 1.165) is 31.5 Å². The molecule has 3 aromatic rings. The summed E-state index contributed by atoms with van der Waals surface area (Å²) in [5.74, 6) is 1.65. The number of aromatic amines is 1. The lowest BCUT2D eigenvalue weighted by molar-refractivity contribution is 0.0703. The summed E-state index contributed by atoms with van der Waals surface area (Å²) in [4.78, 5) is 27.4. The number of furan rings is 1. The Balaban J connectivity index is 1.28. The van der Waals surface area contributed by atoms with Crippen LogP contribution in [-0.4, -0.2) is 48.4 Å². The lowest BCUT2D eigenvalue weighted by Gasteiger charge is -2.31. The van der Waals surface area contributed by atoms with Crippen molar-refractivity contribution in [3.05, 3.63) is 46.5 Å². The third-order valence-corrected chi connectivity index (χ3v) is 6.40. The molecule has 1 amide bonds. The average molecular weight is 410 g/mol. The number of carbonyl (C=O) groups is 1. The Hall–Kier alpha value is -3.10. The highest BCUT2D eigenvalue weighted by Crippen LogP contribution is 2.33. The van der Waals surface area contributed by atoms with Crippen molar-refractivity contribution in [2.75, 3.05) is 13.1 Å². The average Bonchev–Trinajstić information content (AvgIpc) is 3.55. The number of aryl methyl sites for hydroxylation is 1. The van der Waals surface area contributed by atoms with Crippen molar-refractivity contribution in [3.8, 4) is 11.5 Å². The number of likely N-dealkylation sites (tertiary alicyclic amines) is 1. The summed E-state index contributed by atoms with van der Waals surface area (Å²) in [5, 5.41) is 11.6. The second-order valence-corrected chi connectivity index (χ2v) is 8.28. The first-order chi connectivity index (χ1) is 14.6. The summed E-state index contributed by atoms with van der Waals surface area (Å²) in [7, 11) is 1.73. The van der Waals surface area contributed by atoms with Crippen molar-refractivity contribution in [1.29, 1.82) is 0 Å². The lowest BCUT2D eigenvalue weighted by atomic mass is 9.95. The topological polar surface area (TPSA) is 102 Å². The highest BCUT2D eigenvalue weighted by molar-refractivity contribution is 5.93. The predicted octanol–water partition coefficient (Wildman–Crippen LogP) is 2.70. The number of piperidine rings is 1. The zero-order chi connectivity index (χ0) is 20.7. The first-order valence-corrected chi connectivity index (χ1v) is 10.7. The van der Waals surface area contributed by atoms with Crippen molar-refractivity contribution in [2.24, 2.45) is 7.05 Å². The lowest BCUT2D eigenvalue weighted by Crippen LogP contribution is -2.39. The second kappa shape index (κ2) is 7.62. The van der Waals surface area contributed by atoms with Crippen LogP contribution < -0.4 is 5.69 Å². The van der Waals surface area contributed by atoms with Crippen LogP contribution in [0.2, 0.25) is 0 Å². The van der Waals surface area contributed by atoms with Crippen molar-refractivity contribution in [1.82, 2.24) is 29.4 Å². The minimum absolute atomic E-state index is 0.0163. The fraction of sp³-hybridized carbons (Fsp3) is 0.524. The molecular weight excluding hydrogens is 384 g/mol. The molecule has 0 radical (unpaired) electrons. The molecular formula is C21H26N6O3. The minimum atomic E-state index is -0.0864. The molecule has 2 aliphatic rings. The van der Waals surface area contributed by atoms with E-state index in [4.69, 9.17) is 4.42 Å². The van der Waals surface area contributed by atoms with Gasteiger partial charge in [0.05, 0.1) is 6.26 Å². The Kier molecular flexibility index (Phi) is 4.80. The largest absolute Gasteiger partial charge is 0.463 e. The third kappa shape index (κ3) is 3.28. The van der Waals surface area contributed by atoms with E-state index < -0.39 is 0 Å². The van der Waals surface area contributed by atoms with E-state index in [9.17, 15) is 9.59 Å². The van der Waals surface area contributed by atoms with E-state index in [0.29, 0.717) is 30.2 Å². The smallest absolute Gasteiger partial charge is 0.345 e. The zero-order valence-corrected chi connectivity index (χ0v) is 17.1. The Morgan fingerprint density at radius 2 is 1.97 bits per heavy atom. The van der Waals surface area contributed by atoms with E-state index in [1.165, 1.54) is 17.5 Å². The number of nitrogens with zero attached hydrogens (tertiary/aromatic N) is 5. The quantitative estimate of drug-likeness (QED) is 0.712. The first-order valence-electron chi connectivity index (χ1n) is 10.7. The van der Waals surface area contributed by atoms with Gasteiger partial charge >= 0.3 is 5.69 Å². The molecule has 9 nitrogen and oxygen atoms in total. The van der Waals surface area contributed by atoms with E-state index >= 15 is 0 Å².